The summed E-state index contributed by atoms with van der Waals surface area (Å²) in [4.78, 5) is 17.6. The molecule has 0 aromatic heterocycles. The lowest BCUT2D eigenvalue weighted by molar-refractivity contribution is -0.116. The number of halogens is 1. The van der Waals surface area contributed by atoms with Crippen LogP contribution in [0.3, 0.4) is 0 Å². The highest BCUT2D eigenvalue weighted by atomic mass is 35.5. The summed E-state index contributed by atoms with van der Waals surface area (Å²) in [5, 5.41) is 0.601. The lowest BCUT2D eigenvalue weighted by atomic mass is 10.1. The molecule has 1 aromatic rings. The Bertz CT molecular complexity index is 500. The molecule has 96 valence electrons. The quantitative estimate of drug-likeness (QED) is 0.825. The Labute approximate surface area is 111 Å². The Morgan fingerprint density at radius 1 is 1.50 bits per heavy atom. The van der Waals surface area contributed by atoms with Gasteiger partial charge in [0.1, 0.15) is 6.54 Å². The van der Waals surface area contributed by atoms with Gasteiger partial charge in [-0.3, -0.25) is 4.79 Å². The molecule has 0 saturated heterocycles. The Kier molecular flexibility index (Phi) is 3.87. The summed E-state index contributed by atoms with van der Waals surface area (Å²) < 4.78 is 5.60. The van der Waals surface area contributed by atoms with Crippen molar-refractivity contribution >= 4 is 29.1 Å². The normalized spacial score (nSPS) is 14.9. The number of likely N-dealkylation sites (N-methyl/N-ethyl adjacent to an activating group) is 1. The number of aliphatic imine (C=N–C) groups is 1. The van der Waals surface area contributed by atoms with Gasteiger partial charge in [-0.25, -0.2) is 4.99 Å². The second-order valence-electron chi connectivity index (χ2n) is 4.08. The highest BCUT2D eigenvalue weighted by Gasteiger charge is 2.22. The fraction of sp³-hybridized carbons (Fsp3) is 0.385. The molecule has 0 radical (unpaired) electrons. The second-order valence-corrected chi connectivity index (χ2v) is 4.52. The molecule has 0 unspecified atom stereocenters. The van der Waals surface area contributed by atoms with Crippen LogP contribution in [0.2, 0.25) is 5.02 Å². The number of benzene rings is 1. The first kappa shape index (κ1) is 12.9. The van der Waals surface area contributed by atoms with E-state index in [2.05, 4.69) is 4.99 Å². The van der Waals surface area contributed by atoms with Gasteiger partial charge in [-0.1, -0.05) is 18.5 Å². The summed E-state index contributed by atoms with van der Waals surface area (Å²) in [6.45, 7) is 2.69. The topological polar surface area (TPSA) is 41.9 Å². The monoisotopic (exact) mass is 266 g/mol. The zero-order valence-corrected chi connectivity index (χ0v) is 11.2. The molecule has 1 aliphatic rings. The predicted molar refractivity (Wildman–Crippen MR) is 72.5 cm³/mol. The van der Waals surface area contributed by atoms with Gasteiger partial charge in [0.15, 0.2) is 0 Å². The van der Waals surface area contributed by atoms with Crippen LogP contribution in [-0.2, 0) is 9.53 Å². The fourth-order valence-electron chi connectivity index (χ4n) is 1.76. The molecule has 5 heteroatoms. The van der Waals surface area contributed by atoms with E-state index in [-0.39, 0.29) is 12.5 Å². The zero-order chi connectivity index (χ0) is 13.1. The lowest BCUT2D eigenvalue weighted by Gasteiger charge is -2.17. The molecule has 1 aromatic carbocycles. The molecular formula is C13H15ClN2O2. The van der Waals surface area contributed by atoms with Gasteiger partial charge in [-0.2, -0.15) is 0 Å². The van der Waals surface area contributed by atoms with Gasteiger partial charge < -0.3 is 9.64 Å². The minimum atomic E-state index is -0.0614. The molecule has 0 saturated carbocycles. The van der Waals surface area contributed by atoms with Gasteiger partial charge in [0.2, 0.25) is 11.8 Å². The third-order valence-corrected chi connectivity index (χ3v) is 2.96. The number of rotatable bonds is 2. The van der Waals surface area contributed by atoms with Crippen molar-refractivity contribution in [2.24, 2.45) is 4.99 Å². The number of amides is 1. The van der Waals surface area contributed by atoms with Crippen molar-refractivity contribution in [2.75, 3.05) is 25.1 Å². The summed E-state index contributed by atoms with van der Waals surface area (Å²) in [6, 6.07) is 5.35. The van der Waals surface area contributed by atoms with Gasteiger partial charge in [0.05, 0.1) is 17.9 Å². The number of nitrogens with zero attached hydrogens (tertiary/aromatic N) is 2. The maximum Gasteiger partial charge on any atom is 0.248 e. The van der Waals surface area contributed by atoms with E-state index >= 15 is 0 Å². The summed E-state index contributed by atoms with van der Waals surface area (Å²) in [6.07, 6.45) is 0.888. The highest BCUT2D eigenvalue weighted by molar-refractivity contribution is 6.31. The number of carbonyl (C=O) groups is 1. The molecular weight excluding hydrogens is 252 g/mol. The summed E-state index contributed by atoms with van der Waals surface area (Å²) in [5.41, 5.74) is 1.54. The summed E-state index contributed by atoms with van der Waals surface area (Å²) in [5.74, 6) is 0.431. The minimum Gasteiger partial charge on any atom is -0.477 e. The average Bonchev–Trinajstić information content (AvgIpc) is 2.47. The van der Waals surface area contributed by atoms with Crippen molar-refractivity contribution in [1.82, 2.24) is 0 Å². The highest BCUT2D eigenvalue weighted by Crippen LogP contribution is 2.26. The number of anilines is 1. The molecule has 0 fully saturated rings. The average molecular weight is 267 g/mol. The number of fused-ring (bicyclic) bond motifs is 1. The fourth-order valence-corrected chi connectivity index (χ4v) is 1.93. The van der Waals surface area contributed by atoms with E-state index in [0.717, 1.165) is 17.7 Å². The van der Waals surface area contributed by atoms with E-state index in [1.807, 2.05) is 13.0 Å². The summed E-state index contributed by atoms with van der Waals surface area (Å²) in [7, 11) is 1.73. The van der Waals surface area contributed by atoms with E-state index in [9.17, 15) is 4.79 Å². The van der Waals surface area contributed by atoms with Crippen molar-refractivity contribution in [1.29, 1.82) is 0 Å². The van der Waals surface area contributed by atoms with Crippen LogP contribution in [0.4, 0.5) is 5.69 Å². The Balaban J connectivity index is 2.46. The molecule has 0 atom stereocenters. The molecule has 0 spiro atoms. The number of hydrogen-bond donors (Lipinski definition) is 0. The zero-order valence-electron chi connectivity index (χ0n) is 10.4. The smallest absolute Gasteiger partial charge is 0.248 e. The maximum atomic E-state index is 11.8. The minimum absolute atomic E-state index is 0.0614. The van der Waals surface area contributed by atoms with Crippen LogP contribution in [0.25, 0.3) is 0 Å². The van der Waals surface area contributed by atoms with Crippen LogP contribution < -0.4 is 4.90 Å². The number of benzodiazepines with no additional fused rings is 1. The first-order valence-corrected chi connectivity index (χ1v) is 6.25. The predicted octanol–water partition coefficient (Wildman–Crippen LogP) is 2.49. The van der Waals surface area contributed by atoms with E-state index in [1.54, 1.807) is 24.1 Å². The van der Waals surface area contributed by atoms with Crippen LogP contribution in [0, 0.1) is 0 Å². The van der Waals surface area contributed by atoms with E-state index < -0.39 is 0 Å². The lowest BCUT2D eigenvalue weighted by Crippen LogP contribution is -2.27. The summed E-state index contributed by atoms with van der Waals surface area (Å²) >= 11 is 6.00. The first-order valence-electron chi connectivity index (χ1n) is 5.87. The van der Waals surface area contributed by atoms with Crippen molar-refractivity contribution in [3.63, 3.8) is 0 Å². The molecule has 1 aliphatic heterocycles. The molecule has 1 amide bonds. The third kappa shape index (κ3) is 2.48. The molecule has 0 N–H and O–H groups in total. The number of ether oxygens (including phenoxy) is 1. The van der Waals surface area contributed by atoms with Crippen molar-refractivity contribution in [3.8, 4) is 0 Å². The van der Waals surface area contributed by atoms with Crippen molar-refractivity contribution in [2.45, 2.75) is 13.3 Å². The molecule has 0 aliphatic carbocycles. The second kappa shape index (κ2) is 5.40. The van der Waals surface area contributed by atoms with Crippen LogP contribution >= 0.6 is 11.6 Å². The van der Waals surface area contributed by atoms with Crippen LogP contribution in [0.1, 0.15) is 18.9 Å². The first-order chi connectivity index (χ1) is 8.63. The van der Waals surface area contributed by atoms with Crippen LogP contribution in [0.5, 0.6) is 0 Å². The molecule has 1 heterocycles. The standard InChI is InChI=1S/C13H15ClN2O2/c1-3-6-18-13-10-7-9(14)4-5-11(10)16(2)12(17)8-15-13/h4-5,7H,3,6,8H2,1-2H3. The Hall–Kier alpha value is -1.55. The molecule has 0 bridgehead atoms. The van der Waals surface area contributed by atoms with E-state index in [1.165, 1.54) is 0 Å². The molecule has 4 nitrogen and oxygen atoms in total. The molecule has 2 rings (SSSR count). The van der Waals surface area contributed by atoms with Gasteiger partial charge in [-0.05, 0) is 24.6 Å². The van der Waals surface area contributed by atoms with Crippen molar-refractivity contribution < 1.29 is 9.53 Å². The van der Waals surface area contributed by atoms with Crippen LogP contribution in [0.15, 0.2) is 23.2 Å². The number of hydrogen-bond acceptors (Lipinski definition) is 3. The van der Waals surface area contributed by atoms with E-state index in [4.69, 9.17) is 16.3 Å². The van der Waals surface area contributed by atoms with Gasteiger partial charge in [0, 0.05) is 12.1 Å². The van der Waals surface area contributed by atoms with Crippen molar-refractivity contribution in [3.05, 3.63) is 28.8 Å². The molecule has 18 heavy (non-hydrogen) atoms. The van der Waals surface area contributed by atoms with Crippen LogP contribution in [-0.4, -0.2) is 32.0 Å². The largest absolute Gasteiger partial charge is 0.477 e. The van der Waals surface area contributed by atoms with E-state index in [0.29, 0.717) is 17.5 Å². The Morgan fingerprint density at radius 2 is 2.28 bits per heavy atom. The van der Waals surface area contributed by atoms with Gasteiger partial charge in [0.25, 0.3) is 0 Å². The van der Waals surface area contributed by atoms with Gasteiger partial charge in [-0.15, -0.1) is 0 Å². The third-order valence-electron chi connectivity index (χ3n) is 2.73. The Morgan fingerprint density at radius 3 is 3.00 bits per heavy atom. The van der Waals surface area contributed by atoms with Gasteiger partial charge >= 0.3 is 0 Å². The SMILES string of the molecule is CCCOC1=NCC(=O)N(C)c2ccc(Cl)cc21. The number of carbonyl (C=O) groups excluding carboxylic acids is 1. The maximum absolute atomic E-state index is 11.8.